The number of hydrogen-bond acceptors (Lipinski definition) is 4. The van der Waals surface area contributed by atoms with Crippen molar-refractivity contribution in [3.8, 4) is 16.6 Å². The van der Waals surface area contributed by atoms with Gasteiger partial charge in [-0.25, -0.2) is 4.98 Å². The number of nitrogens with zero attached hydrogens (tertiary/aromatic N) is 2. The number of aromatic nitrogens is 1. The first-order valence-electron chi connectivity index (χ1n) is 6.58. The van der Waals surface area contributed by atoms with Gasteiger partial charge in [0.2, 0.25) is 0 Å². The summed E-state index contributed by atoms with van der Waals surface area (Å²) in [5.41, 5.74) is 3.87. The largest absolute Gasteiger partial charge is 0.381 e. The van der Waals surface area contributed by atoms with Gasteiger partial charge in [-0.3, -0.25) is 0 Å². The summed E-state index contributed by atoms with van der Waals surface area (Å²) in [6.45, 7) is 0.639. The van der Waals surface area contributed by atoms with Gasteiger partial charge in [-0.15, -0.1) is 11.3 Å². The average Bonchev–Trinajstić information content (AvgIpc) is 3.08. The SMILES string of the molecule is N#Cc1ccccc1CNc1ccc(-c2nccs2)cc1. The highest BCUT2D eigenvalue weighted by atomic mass is 32.1. The van der Waals surface area contributed by atoms with Crippen molar-refractivity contribution in [2.75, 3.05) is 5.32 Å². The quantitative estimate of drug-likeness (QED) is 0.780. The fraction of sp³-hybridized carbons (Fsp3) is 0.0588. The lowest BCUT2D eigenvalue weighted by atomic mass is 10.1. The molecule has 0 aliphatic heterocycles. The zero-order valence-corrected chi connectivity index (χ0v) is 12.1. The number of nitriles is 1. The molecule has 3 nitrogen and oxygen atoms in total. The molecule has 4 heteroatoms. The summed E-state index contributed by atoms with van der Waals surface area (Å²) < 4.78 is 0. The van der Waals surface area contributed by atoms with Crippen molar-refractivity contribution in [1.29, 1.82) is 5.26 Å². The van der Waals surface area contributed by atoms with Crippen LogP contribution in [0.3, 0.4) is 0 Å². The Bertz CT molecular complexity index is 755. The predicted octanol–water partition coefficient (Wildman–Crippen LogP) is 4.29. The molecule has 102 valence electrons. The molecule has 0 amide bonds. The second-order valence-electron chi connectivity index (χ2n) is 4.54. The molecule has 3 aromatic rings. The third-order valence-corrected chi connectivity index (χ3v) is 4.01. The topological polar surface area (TPSA) is 48.7 Å². The third-order valence-electron chi connectivity index (χ3n) is 3.18. The van der Waals surface area contributed by atoms with E-state index in [0.29, 0.717) is 12.1 Å². The minimum absolute atomic E-state index is 0.639. The van der Waals surface area contributed by atoms with Crippen molar-refractivity contribution in [2.24, 2.45) is 0 Å². The molecule has 0 aliphatic rings. The molecule has 0 saturated carbocycles. The standard InChI is InChI=1S/C17H13N3S/c18-11-14-3-1-2-4-15(14)12-20-16-7-5-13(6-8-16)17-19-9-10-21-17/h1-10,20H,12H2. The number of hydrogen-bond donors (Lipinski definition) is 1. The highest BCUT2D eigenvalue weighted by molar-refractivity contribution is 7.13. The van der Waals surface area contributed by atoms with Crippen LogP contribution in [-0.2, 0) is 6.54 Å². The van der Waals surface area contributed by atoms with Crippen LogP contribution < -0.4 is 5.32 Å². The zero-order valence-electron chi connectivity index (χ0n) is 11.3. The Morgan fingerprint density at radius 2 is 1.90 bits per heavy atom. The Morgan fingerprint density at radius 3 is 2.62 bits per heavy atom. The minimum Gasteiger partial charge on any atom is -0.381 e. The van der Waals surface area contributed by atoms with Gasteiger partial charge in [-0.1, -0.05) is 18.2 Å². The molecule has 0 radical (unpaired) electrons. The van der Waals surface area contributed by atoms with Gasteiger partial charge < -0.3 is 5.32 Å². The van der Waals surface area contributed by atoms with E-state index in [-0.39, 0.29) is 0 Å². The highest BCUT2D eigenvalue weighted by Gasteiger charge is 2.02. The van der Waals surface area contributed by atoms with Gasteiger partial charge in [0.25, 0.3) is 0 Å². The van der Waals surface area contributed by atoms with Gasteiger partial charge in [0.15, 0.2) is 0 Å². The molecular weight excluding hydrogens is 278 g/mol. The Morgan fingerprint density at radius 1 is 1.10 bits per heavy atom. The summed E-state index contributed by atoms with van der Waals surface area (Å²) in [7, 11) is 0. The Hall–Kier alpha value is -2.64. The fourth-order valence-corrected chi connectivity index (χ4v) is 2.72. The monoisotopic (exact) mass is 291 g/mol. The fourth-order valence-electron chi connectivity index (χ4n) is 2.08. The van der Waals surface area contributed by atoms with Crippen molar-refractivity contribution in [3.63, 3.8) is 0 Å². The summed E-state index contributed by atoms with van der Waals surface area (Å²) in [6.07, 6.45) is 1.81. The van der Waals surface area contributed by atoms with E-state index >= 15 is 0 Å². The molecule has 0 aliphatic carbocycles. The Labute approximate surface area is 127 Å². The normalized spacial score (nSPS) is 10.0. The maximum Gasteiger partial charge on any atom is 0.123 e. The number of rotatable bonds is 4. The molecule has 2 aromatic carbocycles. The molecule has 1 aromatic heterocycles. The van der Waals surface area contributed by atoms with E-state index in [1.54, 1.807) is 11.3 Å². The molecule has 0 atom stereocenters. The van der Waals surface area contributed by atoms with Gasteiger partial charge in [-0.05, 0) is 35.9 Å². The van der Waals surface area contributed by atoms with Crippen LogP contribution in [0.2, 0.25) is 0 Å². The first kappa shape index (κ1) is 13.3. The van der Waals surface area contributed by atoms with E-state index in [1.165, 1.54) is 0 Å². The van der Waals surface area contributed by atoms with Crippen LogP contribution in [0.4, 0.5) is 5.69 Å². The molecule has 3 rings (SSSR count). The third kappa shape index (κ3) is 3.10. The molecular formula is C17H13N3S. The van der Waals surface area contributed by atoms with Gasteiger partial charge in [0, 0.05) is 29.4 Å². The molecule has 0 fully saturated rings. The summed E-state index contributed by atoms with van der Waals surface area (Å²) in [4.78, 5) is 4.29. The first-order valence-corrected chi connectivity index (χ1v) is 7.46. The highest BCUT2D eigenvalue weighted by Crippen LogP contribution is 2.23. The molecule has 1 N–H and O–H groups in total. The van der Waals surface area contributed by atoms with Crippen LogP contribution in [0.5, 0.6) is 0 Å². The lowest BCUT2D eigenvalue weighted by Crippen LogP contribution is -2.01. The van der Waals surface area contributed by atoms with Gasteiger partial charge in [0.05, 0.1) is 11.6 Å². The van der Waals surface area contributed by atoms with Gasteiger partial charge in [0.1, 0.15) is 5.01 Å². The number of nitrogens with one attached hydrogen (secondary N) is 1. The van der Waals surface area contributed by atoms with Gasteiger partial charge >= 0.3 is 0 Å². The van der Waals surface area contributed by atoms with Crippen LogP contribution in [0.25, 0.3) is 10.6 Å². The van der Waals surface area contributed by atoms with Gasteiger partial charge in [-0.2, -0.15) is 5.26 Å². The smallest absolute Gasteiger partial charge is 0.123 e. The van der Waals surface area contributed by atoms with Crippen molar-refractivity contribution in [2.45, 2.75) is 6.54 Å². The number of benzene rings is 2. The molecule has 0 saturated heterocycles. The van der Waals surface area contributed by atoms with E-state index in [9.17, 15) is 0 Å². The summed E-state index contributed by atoms with van der Waals surface area (Å²) in [5.74, 6) is 0. The van der Waals surface area contributed by atoms with Crippen molar-refractivity contribution in [3.05, 3.63) is 71.2 Å². The van der Waals surface area contributed by atoms with Crippen molar-refractivity contribution >= 4 is 17.0 Å². The van der Waals surface area contributed by atoms with Crippen molar-refractivity contribution < 1.29 is 0 Å². The maximum absolute atomic E-state index is 9.07. The minimum atomic E-state index is 0.639. The molecule has 0 bridgehead atoms. The molecule has 0 spiro atoms. The van der Waals surface area contributed by atoms with E-state index in [0.717, 1.165) is 21.8 Å². The zero-order chi connectivity index (χ0) is 14.5. The number of thiazole rings is 1. The lowest BCUT2D eigenvalue weighted by Gasteiger charge is -2.08. The van der Waals surface area contributed by atoms with E-state index in [4.69, 9.17) is 5.26 Å². The predicted molar refractivity (Wildman–Crippen MR) is 86.0 cm³/mol. The molecule has 1 heterocycles. The van der Waals surface area contributed by atoms with E-state index in [1.807, 2.05) is 48.0 Å². The van der Waals surface area contributed by atoms with E-state index in [2.05, 4.69) is 28.5 Å². The Kier molecular flexibility index (Phi) is 3.95. The Balaban J connectivity index is 1.70. The average molecular weight is 291 g/mol. The molecule has 21 heavy (non-hydrogen) atoms. The van der Waals surface area contributed by atoms with Crippen LogP contribution >= 0.6 is 11.3 Å². The second kappa shape index (κ2) is 6.21. The lowest BCUT2D eigenvalue weighted by molar-refractivity contribution is 1.14. The summed E-state index contributed by atoms with van der Waals surface area (Å²) in [6, 6.07) is 18.0. The molecule has 0 unspecified atom stereocenters. The first-order chi connectivity index (χ1) is 10.4. The summed E-state index contributed by atoms with van der Waals surface area (Å²) >= 11 is 1.63. The summed E-state index contributed by atoms with van der Waals surface area (Å²) in [5, 5.41) is 15.4. The van der Waals surface area contributed by atoms with Crippen molar-refractivity contribution in [1.82, 2.24) is 4.98 Å². The van der Waals surface area contributed by atoms with E-state index < -0.39 is 0 Å². The van der Waals surface area contributed by atoms with Crippen LogP contribution in [-0.4, -0.2) is 4.98 Å². The van der Waals surface area contributed by atoms with Crippen LogP contribution in [0.1, 0.15) is 11.1 Å². The number of anilines is 1. The maximum atomic E-state index is 9.07. The van der Waals surface area contributed by atoms with Crippen LogP contribution in [0.15, 0.2) is 60.1 Å². The second-order valence-corrected chi connectivity index (χ2v) is 5.43. The van der Waals surface area contributed by atoms with Crippen LogP contribution in [0, 0.1) is 11.3 Å².